The molecule has 0 aromatic rings. The molecule has 0 radical (unpaired) electrons. The molecule has 1 saturated carbocycles. The SMILES string of the molecule is CCC(CC#N)NCC1(C)CC1. The molecule has 0 spiro atoms. The summed E-state index contributed by atoms with van der Waals surface area (Å²) < 4.78 is 0. The zero-order valence-electron chi connectivity index (χ0n) is 8.06. The van der Waals surface area contributed by atoms with E-state index in [2.05, 4.69) is 25.2 Å². The molecule has 1 atom stereocenters. The van der Waals surface area contributed by atoms with Gasteiger partial charge in [-0.3, -0.25) is 0 Å². The fourth-order valence-electron chi connectivity index (χ4n) is 1.25. The molecule has 2 heteroatoms. The van der Waals surface area contributed by atoms with Crippen molar-refractivity contribution >= 4 is 0 Å². The topological polar surface area (TPSA) is 35.8 Å². The van der Waals surface area contributed by atoms with Crippen LogP contribution in [0, 0.1) is 16.7 Å². The molecule has 1 aliphatic carbocycles. The molecule has 68 valence electrons. The van der Waals surface area contributed by atoms with Gasteiger partial charge in [0, 0.05) is 12.6 Å². The predicted molar refractivity (Wildman–Crippen MR) is 49.7 cm³/mol. The average Bonchev–Trinajstić information content (AvgIpc) is 2.78. The standard InChI is InChI=1S/C10H18N2/c1-3-9(4-7-11)12-8-10(2)5-6-10/h9,12H,3-6,8H2,1-2H3. The van der Waals surface area contributed by atoms with Gasteiger partial charge in [-0.15, -0.1) is 0 Å². The zero-order chi connectivity index (χ0) is 9.03. The van der Waals surface area contributed by atoms with Gasteiger partial charge < -0.3 is 5.32 Å². The molecule has 0 saturated heterocycles. The highest BCUT2D eigenvalue weighted by molar-refractivity contribution is 4.92. The molecule has 1 rings (SSSR count). The van der Waals surface area contributed by atoms with Crippen LogP contribution < -0.4 is 5.32 Å². The van der Waals surface area contributed by atoms with E-state index in [4.69, 9.17) is 5.26 Å². The molecule has 1 unspecified atom stereocenters. The molecule has 12 heavy (non-hydrogen) atoms. The second-order valence-corrected chi connectivity index (χ2v) is 4.16. The van der Waals surface area contributed by atoms with E-state index in [1.807, 2.05) is 0 Å². The lowest BCUT2D eigenvalue weighted by Gasteiger charge is -2.16. The third-order valence-electron chi connectivity index (χ3n) is 2.75. The van der Waals surface area contributed by atoms with Gasteiger partial charge in [0.2, 0.25) is 0 Å². The number of nitrogens with one attached hydrogen (secondary N) is 1. The molecule has 1 N–H and O–H groups in total. The summed E-state index contributed by atoms with van der Waals surface area (Å²) in [5.41, 5.74) is 0.558. The predicted octanol–water partition coefficient (Wildman–Crippen LogP) is 2.07. The van der Waals surface area contributed by atoms with Crippen LogP contribution in [0.2, 0.25) is 0 Å². The molecular weight excluding hydrogens is 148 g/mol. The summed E-state index contributed by atoms with van der Waals surface area (Å²) in [6.45, 7) is 5.52. The van der Waals surface area contributed by atoms with E-state index in [9.17, 15) is 0 Å². The summed E-state index contributed by atoms with van der Waals surface area (Å²) in [6, 6.07) is 2.62. The zero-order valence-corrected chi connectivity index (χ0v) is 8.06. The van der Waals surface area contributed by atoms with Crippen molar-refractivity contribution in [1.82, 2.24) is 5.32 Å². The van der Waals surface area contributed by atoms with Crippen LogP contribution in [0.1, 0.15) is 39.5 Å². The molecule has 0 aromatic heterocycles. The summed E-state index contributed by atoms with van der Waals surface area (Å²) in [5.74, 6) is 0. The van der Waals surface area contributed by atoms with E-state index < -0.39 is 0 Å². The molecule has 0 heterocycles. The lowest BCUT2D eigenvalue weighted by atomic mass is 10.1. The summed E-state index contributed by atoms with van der Waals surface area (Å²) in [5, 5.41) is 12.0. The molecular formula is C10H18N2. The largest absolute Gasteiger partial charge is 0.312 e. The monoisotopic (exact) mass is 166 g/mol. The van der Waals surface area contributed by atoms with Crippen molar-refractivity contribution in [3.05, 3.63) is 0 Å². The quantitative estimate of drug-likeness (QED) is 0.678. The van der Waals surface area contributed by atoms with Gasteiger partial charge in [-0.05, 0) is 24.7 Å². The molecule has 0 aromatic carbocycles. The normalized spacial score (nSPS) is 21.4. The van der Waals surface area contributed by atoms with E-state index >= 15 is 0 Å². The van der Waals surface area contributed by atoms with E-state index in [0.29, 0.717) is 17.9 Å². The summed E-state index contributed by atoms with van der Waals surface area (Å²) in [4.78, 5) is 0. The Hall–Kier alpha value is -0.550. The van der Waals surface area contributed by atoms with Crippen molar-refractivity contribution in [3.63, 3.8) is 0 Å². The Bertz CT molecular complexity index is 177. The summed E-state index contributed by atoms with van der Waals surface area (Å²) in [7, 11) is 0. The minimum atomic E-state index is 0.410. The number of nitriles is 1. The molecule has 1 fully saturated rings. The Kier molecular flexibility index (Phi) is 3.11. The molecule has 0 bridgehead atoms. The maximum absolute atomic E-state index is 8.52. The van der Waals surface area contributed by atoms with E-state index in [-0.39, 0.29) is 0 Å². The van der Waals surface area contributed by atoms with Crippen LogP contribution in [-0.4, -0.2) is 12.6 Å². The fourth-order valence-corrected chi connectivity index (χ4v) is 1.25. The van der Waals surface area contributed by atoms with Crippen LogP contribution in [0.3, 0.4) is 0 Å². The number of hydrogen-bond donors (Lipinski definition) is 1. The maximum atomic E-state index is 8.52. The Balaban J connectivity index is 2.15. The summed E-state index contributed by atoms with van der Waals surface area (Å²) in [6.07, 6.45) is 4.40. The van der Waals surface area contributed by atoms with Crippen LogP contribution >= 0.6 is 0 Å². The number of rotatable bonds is 5. The third-order valence-corrected chi connectivity index (χ3v) is 2.75. The maximum Gasteiger partial charge on any atom is 0.0638 e. The highest BCUT2D eigenvalue weighted by Gasteiger charge is 2.36. The van der Waals surface area contributed by atoms with Gasteiger partial charge in [0.15, 0.2) is 0 Å². The third kappa shape index (κ3) is 2.83. The van der Waals surface area contributed by atoms with Crippen molar-refractivity contribution in [2.45, 2.75) is 45.6 Å². The van der Waals surface area contributed by atoms with Crippen molar-refractivity contribution < 1.29 is 0 Å². The first-order valence-electron chi connectivity index (χ1n) is 4.80. The molecule has 0 aliphatic heterocycles. The van der Waals surface area contributed by atoms with Gasteiger partial charge in [0.25, 0.3) is 0 Å². The van der Waals surface area contributed by atoms with E-state index in [0.717, 1.165) is 13.0 Å². The number of nitrogens with zero attached hydrogens (tertiary/aromatic N) is 1. The Morgan fingerprint density at radius 3 is 2.67 bits per heavy atom. The smallest absolute Gasteiger partial charge is 0.0638 e. The Morgan fingerprint density at radius 1 is 1.58 bits per heavy atom. The average molecular weight is 166 g/mol. The van der Waals surface area contributed by atoms with E-state index in [1.54, 1.807) is 0 Å². The van der Waals surface area contributed by atoms with Gasteiger partial charge in [0.05, 0.1) is 12.5 Å². The minimum absolute atomic E-state index is 0.410. The first kappa shape index (κ1) is 9.54. The highest BCUT2D eigenvalue weighted by Crippen LogP contribution is 2.44. The van der Waals surface area contributed by atoms with Crippen molar-refractivity contribution in [1.29, 1.82) is 5.26 Å². The second-order valence-electron chi connectivity index (χ2n) is 4.16. The summed E-state index contributed by atoms with van der Waals surface area (Å²) >= 11 is 0. The first-order chi connectivity index (χ1) is 5.70. The van der Waals surface area contributed by atoms with Crippen LogP contribution in [-0.2, 0) is 0 Å². The fraction of sp³-hybridized carbons (Fsp3) is 0.900. The minimum Gasteiger partial charge on any atom is -0.312 e. The highest BCUT2D eigenvalue weighted by atomic mass is 14.9. The lowest BCUT2D eigenvalue weighted by Crippen LogP contribution is -2.32. The molecule has 2 nitrogen and oxygen atoms in total. The van der Waals surface area contributed by atoms with Crippen LogP contribution in [0.25, 0.3) is 0 Å². The van der Waals surface area contributed by atoms with Crippen molar-refractivity contribution in [2.75, 3.05) is 6.54 Å². The van der Waals surface area contributed by atoms with Gasteiger partial charge in [0.1, 0.15) is 0 Å². The molecule has 0 amide bonds. The number of hydrogen-bond acceptors (Lipinski definition) is 2. The van der Waals surface area contributed by atoms with Crippen molar-refractivity contribution in [3.8, 4) is 6.07 Å². The first-order valence-corrected chi connectivity index (χ1v) is 4.80. The molecule has 1 aliphatic rings. The van der Waals surface area contributed by atoms with E-state index in [1.165, 1.54) is 12.8 Å². The lowest BCUT2D eigenvalue weighted by molar-refractivity contribution is 0.428. The Morgan fingerprint density at radius 2 is 2.25 bits per heavy atom. The van der Waals surface area contributed by atoms with Gasteiger partial charge in [-0.2, -0.15) is 5.26 Å². The second kappa shape index (κ2) is 3.91. The van der Waals surface area contributed by atoms with Gasteiger partial charge >= 0.3 is 0 Å². The van der Waals surface area contributed by atoms with Crippen molar-refractivity contribution in [2.24, 2.45) is 5.41 Å². The van der Waals surface area contributed by atoms with Crippen LogP contribution in [0.5, 0.6) is 0 Å². The van der Waals surface area contributed by atoms with Gasteiger partial charge in [-0.1, -0.05) is 13.8 Å². The van der Waals surface area contributed by atoms with Crippen LogP contribution in [0.4, 0.5) is 0 Å². The van der Waals surface area contributed by atoms with Crippen LogP contribution in [0.15, 0.2) is 0 Å². The Labute approximate surface area is 75.0 Å². The van der Waals surface area contributed by atoms with Gasteiger partial charge in [-0.25, -0.2) is 0 Å².